The van der Waals surface area contributed by atoms with Gasteiger partial charge in [0.15, 0.2) is 12.4 Å². The first kappa shape index (κ1) is 19.6. The van der Waals surface area contributed by atoms with E-state index in [1.54, 1.807) is 17.0 Å². The standard InChI is InChI=1S/C21H26ClN3O2/c1-23(21(26)19-5-3-12-25(27)16-19)14-18-4-2-11-24(15-18)13-10-17-6-8-20(22)9-7-17/h3,5-9,12,16,18H,2,4,10-11,13-15H2,1H3. The van der Waals surface area contributed by atoms with Crippen molar-refractivity contribution in [3.05, 3.63) is 70.1 Å². The lowest BCUT2D eigenvalue weighted by Crippen LogP contribution is -2.42. The molecule has 1 aliphatic rings. The molecule has 1 aromatic carbocycles. The molecule has 1 fully saturated rings. The molecule has 1 aliphatic heterocycles. The van der Waals surface area contributed by atoms with E-state index < -0.39 is 0 Å². The molecule has 6 heteroatoms. The van der Waals surface area contributed by atoms with Crippen molar-refractivity contribution >= 4 is 17.5 Å². The summed E-state index contributed by atoms with van der Waals surface area (Å²) in [5.74, 6) is 0.361. The first-order valence-electron chi connectivity index (χ1n) is 9.42. The van der Waals surface area contributed by atoms with Gasteiger partial charge in [-0.25, -0.2) is 0 Å². The Hall–Kier alpha value is -2.11. The highest BCUT2D eigenvalue weighted by Crippen LogP contribution is 2.19. The summed E-state index contributed by atoms with van der Waals surface area (Å²) >= 11 is 5.95. The Morgan fingerprint density at radius 2 is 2.11 bits per heavy atom. The van der Waals surface area contributed by atoms with Gasteiger partial charge in [-0.1, -0.05) is 23.7 Å². The number of hydrogen-bond donors (Lipinski definition) is 0. The molecular formula is C21H26ClN3O2. The third-order valence-electron chi connectivity index (χ3n) is 5.13. The van der Waals surface area contributed by atoms with Gasteiger partial charge in [0.05, 0.1) is 0 Å². The zero-order chi connectivity index (χ0) is 19.2. The Morgan fingerprint density at radius 1 is 1.33 bits per heavy atom. The molecule has 0 saturated carbocycles. The molecule has 1 atom stereocenters. The SMILES string of the molecule is CN(CC1CCCN(CCc2ccc(Cl)cc2)C1)C(=O)c1ccc[n+]([O-])c1. The van der Waals surface area contributed by atoms with Crippen LogP contribution in [0, 0.1) is 11.1 Å². The minimum Gasteiger partial charge on any atom is -0.619 e. The molecule has 1 aromatic heterocycles. The fraction of sp³-hybridized carbons (Fsp3) is 0.429. The van der Waals surface area contributed by atoms with Crippen molar-refractivity contribution in [3.8, 4) is 0 Å². The van der Waals surface area contributed by atoms with E-state index in [0.717, 1.165) is 43.9 Å². The molecule has 1 amide bonds. The van der Waals surface area contributed by atoms with E-state index in [1.807, 2.05) is 19.2 Å². The summed E-state index contributed by atoms with van der Waals surface area (Å²) in [6, 6.07) is 11.3. The maximum atomic E-state index is 12.5. The van der Waals surface area contributed by atoms with Crippen LogP contribution in [0.4, 0.5) is 0 Å². The van der Waals surface area contributed by atoms with Crippen LogP contribution >= 0.6 is 11.6 Å². The summed E-state index contributed by atoms with van der Waals surface area (Å²) in [7, 11) is 1.82. The normalized spacial score (nSPS) is 17.6. The predicted octanol–water partition coefficient (Wildman–Crippen LogP) is 3.00. The van der Waals surface area contributed by atoms with Crippen molar-refractivity contribution in [2.75, 3.05) is 33.2 Å². The van der Waals surface area contributed by atoms with E-state index in [0.29, 0.717) is 22.8 Å². The molecule has 5 nitrogen and oxygen atoms in total. The van der Waals surface area contributed by atoms with E-state index >= 15 is 0 Å². The largest absolute Gasteiger partial charge is 0.619 e. The second kappa shape index (κ2) is 9.20. The Morgan fingerprint density at radius 3 is 2.85 bits per heavy atom. The Bertz CT molecular complexity index is 766. The highest BCUT2D eigenvalue weighted by molar-refractivity contribution is 6.30. The van der Waals surface area contributed by atoms with Gasteiger partial charge < -0.3 is 15.0 Å². The number of likely N-dealkylation sites (tertiary alicyclic amines) is 1. The molecule has 0 N–H and O–H groups in total. The maximum absolute atomic E-state index is 12.5. The highest BCUT2D eigenvalue weighted by Gasteiger charge is 2.23. The molecule has 27 heavy (non-hydrogen) atoms. The third kappa shape index (κ3) is 5.68. The molecule has 0 radical (unpaired) electrons. The van der Waals surface area contributed by atoms with E-state index in [1.165, 1.54) is 18.0 Å². The smallest absolute Gasteiger partial charge is 0.259 e. The van der Waals surface area contributed by atoms with Gasteiger partial charge in [0, 0.05) is 37.8 Å². The number of pyridine rings is 1. The zero-order valence-electron chi connectivity index (χ0n) is 15.7. The summed E-state index contributed by atoms with van der Waals surface area (Å²) in [5, 5.41) is 12.2. The fourth-order valence-corrected chi connectivity index (χ4v) is 3.84. The van der Waals surface area contributed by atoms with Gasteiger partial charge >= 0.3 is 0 Å². The van der Waals surface area contributed by atoms with Crippen molar-refractivity contribution in [2.24, 2.45) is 5.92 Å². The van der Waals surface area contributed by atoms with Gasteiger partial charge in [-0.15, -0.1) is 0 Å². The average Bonchev–Trinajstić information content (AvgIpc) is 2.67. The molecule has 3 rings (SSSR count). The van der Waals surface area contributed by atoms with Crippen LogP contribution in [0.3, 0.4) is 0 Å². The molecule has 2 aromatic rings. The number of piperidine rings is 1. The molecule has 0 spiro atoms. The van der Waals surface area contributed by atoms with Crippen LogP contribution in [0.1, 0.15) is 28.8 Å². The van der Waals surface area contributed by atoms with Crippen LogP contribution in [-0.4, -0.2) is 48.9 Å². The Kier molecular flexibility index (Phi) is 6.69. The fourth-order valence-electron chi connectivity index (χ4n) is 3.71. The van der Waals surface area contributed by atoms with Crippen molar-refractivity contribution < 1.29 is 9.52 Å². The van der Waals surface area contributed by atoms with Crippen LogP contribution in [0.5, 0.6) is 0 Å². The quantitative estimate of drug-likeness (QED) is 0.565. The van der Waals surface area contributed by atoms with Crippen molar-refractivity contribution in [1.29, 1.82) is 0 Å². The number of halogens is 1. The van der Waals surface area contributed by atoms with Gasteiger partial charge in [-0.2, -0.15) is 4.73 Å². The Labute approximate surface area is 165 Å². The van der Waals surface area contributed by atoms with Gasteiger partial charge in [0.2, 0.25) is 0 Å². The molecule has 0 aliphatic carbocycles. The third-order valence-corrected chi connectivity index (χ3v) is 5.39. The summed E-state index contributed by atoms with van der Waals surface area (Å²) in [6.45, 7) is 3.84. The first-order valence-corrected chi connectivity index (χ1v) is 9.80. The van der Waals surface area contributed by atoms with Crippen molar-refractivity contribution in [1.82, 2.24) is 9.80 Å². The molecule has 0 bridgehead atoms. The number of hydrogen-bond acceptors (Lipinski definition) is 3. The van der Waals surface area contributed by atoms with Crippen LogP contribution in [0.15, 0.2) is 48.8 Å². The number of aromatic nitrogens is 1. The number of benzene rings is 1. The summed E-state index contributed by atoms with van der Waals surface area (Å²) in [6.07, 6.45) is 6.01. The van der Waals surface area contributed by atoms with Gasteiger partial charge in [0.1, 0.15) is 5.56 Å². The lowest BCUT2D eigenvalue weighted by Gasteiger charge is -2.34. The predicted molar refractivity (Wildman–Crippen MR) is 107 cm³/mol. The molecule has 2 heterocycles. The van der Waals surface area contributed by atoms with Crippen LogP contribution in [0.25, 0.3) is 0 Å². The van der Waals surface area contributed by atoms with E-state index in [-0.39, 0.29) is 5.91 Å². The molecular weight excluding hydrogens is 362 g/mol. The number of amides is 1. The Balaban J connectivity index is 1.50. The topological polar surface area (TPSA) is 50.5 Å². The highest BCUT2D eigenvalue weighted by atomic mass is 35.5. The van der Waals surface area contributed by atoms with E-state index in [4.69, 9.17) is 11.6 Å². The van der Waals surface area contributed by atoms with Gasteiger partial charge in [-0.3, -0.25) is 4.79 Å². The summed E-state index contributed by atoms with van der Waals surface area (Å²) in [5.41, 5.74) is 1.73. The van der Waals surface area contributed by atoms with Crippen LogP contribution in [-0.2, 0) is 6.42 Å². The summed E-state index contributed by atoms with van der Waals surface area (Å²) in [4.78, 5) is 16.8. The number of carbonyl (C=O) groups excluding carboxylic acids is 1. The van der Waals surface area contributed by atoms with Gasteiger partial charge in [-0.05, 0) is 55.5 Å². The lowest BCUT2D eigenvalue weighted by atomic mass is 9.97. The summed E-state index contributed by atoms with van der Waals surface area (Å²) < 4.78 is 0.667. The van der Waals surface area contributed by atoms with Gasteiger partial charge in [0.25, 0.3) is 5.91 Å². The second-order valence-electron chi connectivity index (χ2n) is 7.32. The number of carbonyl (C=O) groups is 1. The van der Waals surface area contributed by atoms with Crippen molar-refractivity contribution in [3.63, 3.8) is 0 Å². The monoisotopic (exact) mass is 387 g/mol. The minimum absolute atomic E-state index is 0.0986. The van der Waals surface area contributed by atoms with E-state index in [9.17, 15) is 10.0 Å². The van der Waals surface area contributed by atoms with Crippen molar-refractivity contribution in [2.45, 2.75) is 19.3 Å². The number of nitrogens with zero attached hydrogens (tertiary/aromatic N) is 3. The second-order valence-corrected chi connectivity index (χ2v) is 7.76. The van der Waals surface area contributed by atoms with Crippen LogP contribution < -0.4 is 4.73 Å². The molecule has 144 valence electrons. The molecule has 1 unspecified atom stereocenters. The number of rotatable bonds is 6. The van der Waals surface area contributed by atoms with Crippen LogP contribution in [0.2, 0.25) is 5.02 Å². The minimum atomic E-state index is -0.0986. The average molecular weight is 388 g/mol. The maximum Gasteiger partial charge on any atom is 0.259 e. The molecule has 1 saturated heterocycles. The lowest BCUT2D eigenvalue weighted by molar-refractivity contribution is -0.605. The first-order chi connectivity index (χ1) is 13.0. The van der Waals surface area contributed by atoms with E-state index in [2.05, 4.69) is 17.0 Å². The zero-order valence-corrected chi connectivity index (χ0v) is 16.4.